The second kappa shape index (κ2) is 4.39. The van der Waals surface area contributed by atoms with Gasteiger partial charge < -0.3 is 9.84 Å². The first-order chi connectivity index (χ1) is 6.11. The number of rotatable bonds is 3. The largest absolute Gasteiger partial charge is 0.481 e. The van der Waals surface area contributed by atoms with Crippen LogP contribution in [0.4, 0.5) is 0 Å². The Morgan fingerprint density at radius 2 is 2.46 bits per heavy atom. The maximum Gasteiger partial charge on any atom is 0.307 e. The number of carboxylic acids is 1. The second-order valence-electron chi connectivity index (χ2n) is 3.30. The first-order valence-electron chi connectivity index (χ1n) is 4.28. The molecule has 1 aliphatic rings. The molecule has 1 heterocycles. The van der Waals surface area contributed by atoms with Gasteiger partial charge in [0.2, 0.25) is 0 Å². The summed E-state index contributed by atoms with van der Waals surface area (Å²) >= 11 is 0. The van der Waals surface area contributed by atoms with Gasteiger partial charge in [-0.15, -0.1) is 0 Å². The number of likely N-dealkylation sites (N-methyl/N-ethyl adjacent to an activating group) is 1. The molecule has 0 aromatic carbocycles. The fourth-order valence-corrected chi connectivity index (χ4v) is 1.43. The molecule has 0 radical (unpaired) electrons. The van der Waals surface area contributed by atoms with Gasteiger partial charge in [-0.05, 0) is 12.6 Å². The van der Waals surface area contributed by atoms with Crippen LogP contribution >= 0.6 is 0 Å². The monoisotopic (exact) mass is 185 g/mol. The number of nitrogens with zero attached hydrogens (tertiary/aromatic N) is 1. The lowest BCUT2D eigenvalue weighted by Crippen LogP contribution is -2.44. The summed E-state index contributed by atoms with van der Waals surface area (Å²) in [4.78, 5) is 12.5. The molecule has 1 rings (SSSR count). The van der Waals surface area contributed by atoms with Crippen LogP contribution in [-0.4, -0.2) is 48.8 Å². The van der Waals surface area contributed by atoms with E-state index in [9.17, 15) is 4.79 Å². The average Bonchev–Trinajstić information content (AvgIpc) is 2.03. The SMILES string of the molecule is C=C(CC(=O)O)[C@H]1COCCN1C. The quantitative estimate of drug-likeness (QED) is 0.644. The second-order valence-corrected chi connectivity index (χ2v) is 3.30. The lowest BCUT2D eigenvalue weighted by atomic mass is 10.0. The summed E-state index contributed by atoms with van der Waals surface area (Å²) in [5, 5.41) is 8.58. The van der Waals surface area contributed by atoms with Crippen molar-refractivity contribution >= 4 is 5.97 Å². The lowest BCUT2D eigenvalue weighted by molar-refractivity contribution is -0.136. The van der Waals surface area contributed by atoms with Crippen molar-refractivity contribution in [2.75, 3.05) is 26.8 Å². The van der Waals surface area contributed by atoms with E-state index in [0.29, 0.717) is 13.2 Å². The van der Waals surface area contributed by atoms with Crippen molar-refractivity contribution in [1.29, 1.82) is 0 Å². The van der Waals surface area contributed by atoms with Crippen LogP contribution in [0.3, 0.4) is 0 Å². The molecule has 1 atom stereocenters. The zero-order valence-electron chi connectivity index (χ0n) is 7.82. The highest BCUT2D eigenvalue weighted by Crippen LogP contribution is 2.14. The van der Waals surface area contributed by atoms with Gasteiger partial charge in [-0.25, -0.2) is 0 Å². The predicted molar refractivity (Wildman–Crippen MR) is 48.6 cm³/mol. The Hall–Kier alpha value is -0.870. The number of carboxylic acid groups (broad SMARTS) is 1. The van der Waals surface area contributed by atoms with Crippen LogP contribution in [0.5, 0.6) is 0 Å². The molecule has 0 amide bonds. The minimum Gasteiger partial charge on any atom is -0.481 e. The Kier molecular flexibility index (Phi) is 3.45. The van der Waals surface area contributed by atoms with Crippen molar-refractivity contribution in [3.63, 3.8) is 0 Å². The normalized spacial score (nSPS) is 24.2. The van der Waals surface area contributed by atoms with Crippen LogP contribution in [0.2, 0.25) is 0 Å². The van der Waals surface area contributed by atoms with Crippen molar-refractivity contribution in [1.82, 2.24) is 4.90 Å². The molecule has 1 N–H and O–H groups in total. The van der Waals surface area contributed by atoms with E-state index in [0.717, 1.165) is 12.1 Å². The van der Waals surface area contributed by atoms with Crippen molar-refractivity contribution in [2.24, 2.45) is 0 Å². The van der Waals surface area contributed by atoms with Crippen molar-refractivity contribution in [2.45, 2.75) is 12.5 Å². The summed E-state index contributed by atoms with van der Waals surface area (Å²) < 4.78 is 5.26. The molecule has 1 fully saturated rings. The molecule has 0 saturated carbocycles. The van der Waals surface area contributed by atoms with Gasteiger partial charge in [0.15, 0.2) is 0 Å². The molecule has 1 aliphatic heterocycles. The standard InChI is InChI=1S/C9H15NO3/c1-7(5-9(11)12)8-6-13-4-3-10(8)2/h8H,1,3-6H2,2H3,(H,11,12)/t8-/m1/s1. The smallest absolute Gasteiger partial charge is 0.307 e. The van der Waals surface area contributed by atoms with Crippen LogP contribution in [0, 0.1) is 0 Å². The zero-order chi connectivity index (χ0) is 9.84. The van der Waals surface area contributed by atoms with Crippen LogP contribution in [0.1, 0.15) is 6.42 Å². The molecule has 0 spiro atoms. The van der Waals surface area contributed by atoms with Crippen LogP contribution in [0.25, 0.3) is 0 Å². The molecule has 0 unspecified atom stereocenters. The van der Waals surface area contributed by atoms with Gasteiger partial charge in [-0.2, -0.15) is 0 Å². The number of morpholine rings is 1. The molecule has 0 bridgehead atoms. The van der Waals surface area contributed by atoms with Crippen LogP contribution in [0.15, 0.2) is 12.2 Å². The van der Waals surface area contributed by atoms with Crippen LogP contribution in [-0.2, 0) is 9.53 Å². The summed E-state index contributed by atoms with van der Waals surface area (Å²) in [7, 11) is 1.96. The fourth-order valence-electron chi connectivity index (χ4n) is 1.43. The van der Waals surface area contributed by atoms with Crippen molar-refractivity contribution in [3.05, 3.63) is 12.2 Å². The van der Waals surface area contributed by atoms with E-state index < -0.39 is 5.97 Å². The Balaban J connectivity index is 2.48. The number of aliphatic carboxylic acids is 1. The number of hydrogen-bond acceptors (Lipinski definition) is 3. The predicted octanol–water partition coefficient (Wildman–Crippen LogP) is 0.348. The molecule has 0 aliphatic carbocycles. The van der Waals surface area contributed by atoms with E-state index in [4.69, 9.17) is 9.84 Å². The maximum atomic E-state index is 10.4. The van der Waals surface area contributed by atoms with E-state index in [1.165, 1.54) is 0 Å². The average molecular weight is 185 g/mol. The molecule has 13 heavy (non-hydrogen) atoms. The minimum atomic E-state index is -0.830. The third kappa shape index (κ3) is 2.82. The Labute approximate surface area is 77.8 Å². The highest BCUT2D eigenvalue weighted by Gasteiger charge is 2.22. The molecule has 0 aromatic rings. The van der Waals surface area contributed by atoms with Gasteiger partial charge in [0.1, 0.15) is 0 Å². The van der Waals surface area contributed by atoms with E-state index in [2.05, 4.69) is 11.5 Å². The number of carbonyl (C=O) groups is 1. The summed E-state index contributed by atoms with van der Waals surface area (Å²) in [5.74, 6) is -0.830. The van der Waals surface area contributed by atoms with Crippen molar-refractivity contribution in [3.8, 4) is 0 Å². The third-order valence-electron chi connectivity index (χ3n) is 2.25. The molecule has 4 heteroatoms. The Morgan fingerprint density at radius 1 is 1.77 bits per heavy atom. The number of ether oxygens (including phenoxy) is 1. The summed E-state index contributed by atoms with van der Waals surface area (Å²) in [5.41, 5.74) is 0.717. The van der Waals surface area contributed by atoms with Gasteiger partial charge in [-0.3, -0.25) is 9.69 Å². The summed E-state index contributed by atoms with van der Waals surface area (Å²) in [6, 6.07) is 0.0600. The first-order valence-corrected chi connectivity index (χ1v) is 4.28. The topological polar surface area (TPSA) is 49.8 Å². The van der Waals surface area contributed by atoms with Crippen molar-refractivity contribution < 1.29 is 14.6 Å². The summed E-state index contributed by atoms with van der Waals surface area (Å²) in [6.45, 7) is 5.88. The first kappa shape index (κ1) is 10.2. The molecular weight excluding hydrogens is 170 g/mol. The molecular formula is C9H15NO3. The highest BCUT2D eigenvalue weighted by atomic mass is 16.5. The van der Waals surface area contributed by atoms with Gasteiger partial charge in [0.25, 0.3) is 0 Å². The van der Waals surface area contributed by atoms with Gasteiger partial charge in [-0.1, -0.05) is 6.58 Å². The lowest BCUT2D eigenvalue weighted by Gasteiger charge is -2.33. The number of hydrogen-bond donors (Lipinski definition) is 1. The zero-order valence-corrected chi connectivity index (χ0v) is 7.82. The highest BCUT2D eigenvalue weighted by molar-refractivity contribution is 5.70. The van der Waals surface area contributed by atoms with E-state index in [1.54, 1.807) is 0 Å². The van der Waals surface area contributed by atoms with Crippen LogP contribution < -0.4 is 0 Å². The minimum absolute atomic E-state index is 0.0262. The van der Waals surface area contributed by atoms with E-state index >= 15 is 0 Å². The molecule has 74 valence electrons. The van der Waals surface area contributed by atoms with Gasteiger partial charge in [0.05, 0.1) is 25.7 Å². The molecule has 0 aromatic heterocycles. The third-order valence-corrected chi connectivity index (χ3v) is 2.25. The Bertz CT molecular complexity index is 215. The van der Waals surface area contributed by atoms with Gasteiger partial charge >= 0.3 is 5.97 Å². The Morgan fingerprint density at radius 3 is 3.00 bits per heavy atom. The summed E-state index contributed by atoms with van der Waals surface area (Å²) in [6.07, 6.45) is 0.0262. The molecule has 4 nitrogen and oxygen atoms in total. The van der Waals surface area contributed by atoms with Gasteiger partial charge in [0, 0.05) is 6.54 Å². The van der Waals surface area contributed by atoms with E-state index in [-0.39, 0.29) is 12.5 Å². The van der Waals surface area contributed by atoms with E-state index in [1.807, 2.05) is 7.05 Å². The fraction of sp³-hybridized carbons (Fsp3) is 0.667. The molecule has 1 saturated heterocycles. The maximum absolute atomic E-state index is 10.4.